The number of likely N-dealkylation sites (N-methyl/N-ethyl adjacent to an activating group) is 1. The zero-order chi connectivity index (χ0) is 7.54. The topological polar surface area (TPSA) is 12.0 Å². The van der Waals surface area contributed by atoms with Gasteiger partial charge in [-0.25, -0.2) is 0 Å². The van der Waals surface area contributed by atoms with E-state index in [2.05, 4.69) is 18.3 Å². The zero-order valence-corrected chi connectivity index (χ0v) is 7.07. The Bertz CT molecular complexity index is 48.5. The van der Waals surface area contributed by atoms with Crippen LogP contribution < -0.4 is 5.32 Å². The first-order valence-corrected chi connectivity index (χ1v) is 3.73. The van der Waals surface area contributed by atoms with Crippen molar-refractivity contribution in [3.8, 4) is 0 Å². The van der Waals surface area contributed by atoms with Crippen molar-refractivity contribution in [2.24, 2.45) is 0 Å². The molecule has 0 amide bonds. The van der Waals surface area contributed by atoms with Gasteiger partial charge in [0.1, 0.15) is 0 Å². The molecular formula is C8H19N. The van der Waals surface area contributed by atoms with Crippen molar-refractivity contribution in [1.29, 1.82) is 0 Å². The summed E-state index contributed by atoms with van der Waals surface area (Å²) in [6, 6.07) is 0. The van der Waals surface area contributed by atoms with Gasteiger partial charge < -0.3 is 5.32 Å². The quantitative estimate of drug-likeness (QED) is 0.455. The molecule has 9 heavy (non-hydrogen) atoms. The molecule has 0 rings (SSSR count). The van der Waals surface area contributed by atoms with Crippen molar-refractivity contribution < 1.29 is 0 Å². The molecule has 0 bridgehead atoms. The number of allylic oxidation sites excluding steroid dienone is 1. The standard InChI is InChI=1S/C6H13N.C2H6/c1-3-5-6-7-4-2;1-2/h3,5,7H,4,6H2,1-2H3;1-2H3/b5-3+;. The maximum atomic E-state index is 3.16. The van der Waals surface area contributed by atoms with Gasteiger partial charge in [0.05, 0.1) is 0 Å². The number of hydrogen-bond donors (Lipinski definition) is 1. The SMILES string of the molecule is C/C=C/CNCC.CC. The highest BCUT2D eigenvalue weighted by molar-refractivity contribution is 4.78. The fourth-order valence-corrected chi connectivity index (χ4v) is 0.346. The van der Waals surface area contributed by atoms with Crippen LogP contribution in [0.5, 0.6) is 0 Å². The lowest BCUT2D eigenvalue weighted by atomic mass is 10.5. The molecule has 0 saturated heterocycles. The normalized spacial score (nSPS) is 8.89. The molecule has 0 fully saturated rings. The summed E-state index contributed by atoms with van der Waals surface area (Å²) in [5, 5.41) is 3.16. The fourth-order valence-electron chi connectivity index (χ4n) is 0.346. The molecular weight excluding hydrogens is 110 g/mol. The highest BCUT2D eigenvalue weighted by atomic mass is 14.8. The highest BCUT2D eigenvalue weighted by Crippen LogP contribution is 1.64. The van der Waals surface area contributed by atoms with Crippen molar-refractivity contribution in [1.82, 2.24) is 5.32 Å². The Balaban J connectivity index is 0. The summed E-state index contributed by atoms with van der Waals surface area (Å²) in [7, 11) is 0. The van der Waals surface area contributed by atoms with Gasteiger partial charge in [-0.1, -0.05) is 32.9 Å². The Morgan fingerprint density at radius 3 is 2.22 bits per heavy atom. The minimum Gasteiger partial charge on any atom is -0.314 e. The first-order chi connectivity index (χ1) is 4.41. The Labute approximate surface area is 59.2 Å². The van der Waals surface area contributed by atoms with Crippen LogP contribution >= 0.6 is 0 Å². The van der Waals surface area contributed by atoms with Crippen LogP contribution in [0.1, 0.15) is 27.7 Å². The minimum atomic E-state index is 1.01. The second-order valence-corrected chi connectivity index (χ2v) is 1.38. The summed E-state index contributed by atoms with van der Waals surface area (Å²) in [5.41, 5.74) is 0. The monoisotopic (exact) mass is 129 g/mol. The molecule has 0 saturated carbocycles. The fraction of sp³-hybridized carbons (Fsp3) is 0.750. The van der Waals surface area contributed by atoms with Gasteiger partial charge in [-0.15, -0.1) is 0 Å². The van der Waals surface area contributed by atoms with Gasteiger partial charge in [0.15, 0.2) is 0 Å². The third-order valence-electron chi connectivity index (χ3n) is 0.748. The van der Waals surface area contributed by atoms with E-state index in [4.69, 9.17) is 0 Å². The molecule has 0 aromatic heterocycles. The maximum Gasteiger partial charge on any atom is 0.0134 e. The number of hydrogen-bond acceptors (Lipinski definition) is 1. The van der Waals surface area contributed by atoms with Crippen LogP contribution in [-0.2, 0) is 0 Å². The predicted molar refractivity (Wildman–Crippen MR) is 44.7 cm³/mol. The van der Waals surface area contributed by atoms with Gasteiger partial charge in [0, 0.05) is 6.54 Å². The van der Waals surface area contributed by atoms with Crippen molar-refractivity contribution >= 4 is 0 Å². The number of nitrogens with one attached hydrogen (secondary N) is 1. The first kappa shape index (κ1) is 11.5. The zero-order valence-electron chi connectivity index (χ0n) is 7.07. The van der Waals surface area contributed by atoms with Crippen molar-refractivity contribution in [3.05, 3.63) is 12.2 Å². The second-order valence-electron chi connectivity index (χ2n) is 1.38. The molecule has 1 nitrogen and oxygen atoms in total. The van der Waals surface area contributed by atoms with Crippen LogP contribution in [0.2, 0.25) is 0 Å². The lowest BCUT2D eigenvalue weighted by Gasteiger charge is -1.89. The molecule has 0 aliphatic rings. The third-order valence-corrected chi connectivity index (χ3v) is 0.748. The molecule has 0 atom stereocenters. The summed E-state index contributed by atoms with van der Waals surface area (Å²) in [4.78, 5) is 0. The van der Waals surface area contributed by atoms with Crippen molar-refractivity contribution in [2.75, 3.05) is 13.1 Å². The van der Waals surface area contributed by atoms with Gasteiger partial charge in [0.2, 0.25) is 0 Å². The lowest BCUT2D eigenvalue weighted by Crippen LogP contribution is -2.11. The molecule has 0 aromatic carbocycles. The van der Waals surface area contributed by atoms with Crippen molar-refractivity contribution in [2.45, 2.75) is 27.7 Å². The van der Waals surface area contributed by atoms with Gasteiger partial charge in [-0.3, -0.25) is 0 Å². The average Bonchev–Trinajstić information content (AvgIpc) is 1.94. The summed E-state index contributed by atoms with van der Waals surface area (Å²) >= 11 is 0. The molecule has 1 N–H and O–H groups in total. The van der Waals surface area contributed by atoms with Crippen LogP contribution in [-0.4, -0.2) is 13.1 Å². The predicted octanol–water partition coefficient (Wildman–Crippen LogP) is 2.20. The molecule has 0 aliphatic carbocycles. The Kier molecular flexibility index (Phi) is 20.0. The molecule has 0 aromatic rings. The summed E-state index contributed by atoms with van der Waals surface area (Å²) < 4.78 is 0. The van der Waals surface area contributed by atoms with Crippen LogP contribution in [0, 0.1) is 0 Å². The summed E-state index contributed by atoms with van der Waals surface area (Å²) in [6.45, 7) is 10.2. The average molecular weight is 129 g/mol. The lowest BCUT2D eigenvalue weighted by molar-refractivity contribution is 0.799. The number of rotatable bonds is 3. The van der Waals surface area contributed by atoms with E-state index >= 15 is 0 Å². The van der Waals surface area contributed by atoms with E-state index in [1.807, 2.05) is 26.8 Å². The van der Waals surface area contributed by atoms with Gasteiger partial charge in [-0.2, -0.15) is 0 Å². The minimum absolute atomic E-state index is 1.01. The first-order valence-electron chi connectivity index (χ1n) is 3.73. The summed E-state index contributed by atoms with van der Waals surface area (Å²) in [6.07, 6.45) is 4.14. The van der Waals surface area contributed by atoms with E-state index in [-0.39, 0.29) is 0 Å². The third kappa shape index (κ3) is 18.3. The van der Waals surface area contributed by atoms with E-state index in [1.54, 1.807) is 0 Å². The van der Waals surface area contributed by atoms with E-state index in [0.29, 0.717) is 0 Å². The molecule has 56 valence electrons. The van der Waals surface area contributed by atoms with Crippen LogP contribution in [0.3, 0.4) is 0 Å². The largest absolute Gasteiger partial charge is 0.314 e. The van der Waals surface area contributed by atoms with E-state index < -0.39 is 0 Å². The Hall–Kier alpha value is -0.300. The molecule has 1 heteroatoms. The Morgan fingerprint density at radius 2 is 1.89 bits per heavy atom. The Morgan fingerprint density at radius 1 is 1.33 bits per heavy atom. The molecule has 0 unspecified atom stereocenters. The van der Waals surface area contributed by atoms with Gasteiger partial charge in [-0.05, 0) is 13.5 Å². The maximum absolute atomic E-state index is 3.16. The highest BCUT2D eigenvalue weighted by Gasteiger charge is 1.68. The second kappa shape index (κ2) is 15.6. The van der Waals surface area contributed by atoms with E-state index in [1.165, 1.54) is 0 Å². The van der Waals surface area contributed by atoms with Gasteiger partial charge >= 0.3 is 0 Å². The smallest absolute Gasteiger partial charge is 0.0134 e. The molecule has 0 aliphatic heterocycles. The van der Waals surface area contributed by atoms with Crippen LogP contribution in [0.25, 0.3) is 0 Å². The molecule has 0 spiro atoms. The van der Waals surface area contributed by atoms with Crippen LogP contribution in [0.15, 0.2) is 12.2 Å². The van der Waals surface area contributed by atoms with E-state index in [9.17, 15) is 0 Å². The summed E-state index contributed by atoms with van der Waals surface area (Å²) in [5.74, 6) is 0. The molecule has 0 radical (unpaired) electrons. The van der Waals surface area contributed by atoms with Crippen molar-refractivity contribution in [3.63, 3.8) is 0 Å². The van der Waals surface area contributed by atoms with Crippen LogP contribution in [0.4, 0.5) is 0 Å². The molecule has 0 heterocycles. The van der Waals surface area contributed by atoms with E-state index in [0.717, 1.165) is 13.1 Å². The van der Waals surface area contributed by atoms with Gasteiger partial charge in [0.25, 0.3) is 0 Å².